The second kappa shape index (κ2) is 3.94. The summed E-state index contributed by atoms with van der Waals surface area (Å²) in [5.41, 5.74) is 2.12. The number of rotatable bonds is 2. The van der Waals surface area contributed by atoms with Crippen LogP contribution in [0.1, 0.15) is 0 Å². The molecule has 3 nitrogen and oxygen atoms in total. The quantitative estimate of drug-likeness (QED) is 0.700. The van der Waals surface area contributed by atoms with E-state index in [1.807, 2.05) is 13.2 Å². The Morgan fingerprint density at radius 3 is 2.71 bits per heavy atom. The number of nitrogens with zero attached hydrogens (tertiary/aromatic N) is 1. The largest absolute Gasteiger partial charge is 0.359 e. The zero-order chi connectivity index (χ0) is 11.7. The van der Waals surface area contributed by atoms with Gasteiger partial charge in [-0.25, -0.2) is 4.98 Å². The van der Waals surface area contributed by atoms with E-state index in [4.69, 9.17) is 0 Å². The van der Waals surface area contributed by atoms with Crippen LogP contribution < -0.4 is 5.32 Å². The Hall–Kier alpha value is -2.29. The Kier molecular flexibility index (Phi) is 2.29. The number of fused-ring (bicyclic) bond motifs is 1. The molecule has 0 fully saturated rings. The summed E-state index contributed by atoms with van der Waals surface area (Å²) < 4.78 is 0. The van der Waals surface area contributed by atoms with Gasteiger partial charge in [0.05, 0.1) is 5.69 Å². The van der Waals surface area contributed by atoms with Crippen molar-refractivity contribution in [2.24, 2.45) is 0 Å². The molecule has 17 heavy (non-hydrogen) atoms. The maximum absolute atomic E-state index is 4.48. The third-order valence-corrected chi connectivity index (χ3v) is 2.88. The van der Waals surface area contributed by atoms with Crippen molar-refractivity contribution in [3.8, 4) is 11.3 Å². The van der Waals surface area contributed by atoms with Crippen molar-refractivity contribution < 1.29 is 0 Å². The zero-order valence-corrected chi connectivity index (χ0v) is 9.57. The summed E-state index contributed by atoms with van der Waals surface area (Å²) in [5, 5.41) is 5.46. The van der Waals surface area contributed by atoms with Crippen LogP contribution in [0.25, 0.3) is 22.0 Å². The average Bonchev–Trinajstić information content (AvgIpc) is 2.87. The van der Waals surface area contributed by atoms with Gasteiger partial charge in [-0.15, -0.1) is 0 Å². The predicted octanol–water partition coefficient (Wildman–Crippen LogP) is 3.27. The first-order valence-electron chi connectivity index (χ1n) is 5.60. The van der Waals surface area contributed by atoms with Gasteiger partial charge in [0.25, 0.3) is 0 Å². The van der Waals surface area contributed by atoms with Crippen LogP contribution in [-0.2, 0) is 0 Å². The first kappa shape index (κ1) is 9.90. The van der Waals surface area contributed by atoms with Gasteiger partial charge in [0, 0.05) is 18.8 Å². The molecule has 0 aliphatic carbocycles. The number of imidazole rings is 1. The molecule has 3 heteroatoms. The van der Waals surface area contributed by atoms with Crippen LogP contribution in [0.2, 0.25) is 0 Å². The summed E-state index contributed by atoms with van der Waals surface area (Å²) >= 11 is 0. The fourth-order valence-corrected chi connectivity index (χ4v) is 2.04. The van der Waals surface area contributed by atoms with Crippen LogP contribution in [0, 0.1) is 0 Å². The lowest BCUT2D eigenvalue weighted by Crippen LogP contribution is -1.89. The van der Waals surface area contributed by atoms with E-state index < -0.39 is 0 Å². The monoisotopic (exact) mass is 223 g/mol. The maximum Gasteiger partial charge on any atom is 0.200 e. The van der Waals surface area contributed by atoms with E-state index in [2.05, 4.69) is 57.7 Å². The van der Waals surface area contributed by atoms with Gasteiger partial charge in [0.15, 0.2) is 5.95 Å². The summed E-state index contributed by atoms with van der Waals surface area (Å²) in [6.07, 6.45) is 1.92. The summed E-state index contributed by atoms with van der Waals surface area (Å²) in [6.45, 7) is 0. The summed E-state index contributed by atoms with van der Waals surface area (Å²) in [4.78, 5) is 7.58. The van der Waals surface area contributed by atoms with Crippen molar-refractivity contribution >= 4 is 16.7 Å². The molecule has 2 aromatic carbocycles. The minimum atomic E-state index is 0.785. The first-order valence-corrected chi connectivity index (χ1v) is 5.60. The molecular weight excluding hydrogens is 210 g/mol. The Labute approximate surface area is 99.5 Å². The molecule has 0 amide bonds. The number of hydrogen-bond donors (Lipinski definition) is 2. The summed E-state index contributed by atoms with van der Waals surface area (Å²) in [6, 6.07) is 14.6. The highest BCUT2D eigenvalue weighted by Gasteiger charge is 2.06. The van der Waals surface area contributed by atoms with Gasteiger partial charge in [-0.05, 0) is 10.8 Å². The number of aromatic amines is 1. The lowest BCUT2D eigenvalue weighted by molar-refractivity contribution is 1.26. The van der Waals surface area contributed by atoms with Crippen molar-refractivity contribution in [1.29, 1.82) is 0 Å². The number of hydrogen-bond acceptors (Lipinski definition) is 2. The highest BCUT2D eigenvalue weighted by atomic mass is 15.1. The van der Waals surface area contributed by atoms with Crippen molar-refractivity contribution in [2.75, 3.05) is 12.4 Å². The molecule has 0 atom stereocenters. The van der Waals surface area contributed by atoms with Crippen LogP contribution in [-0.4, -0.2) is 17.0 Å². The molecule has 1 heterocycles. The number of H-pyrrole nitrogens is 1. The third-order valence-electron chi connectivity index (χ3n) is 2.88. The van der Waals surface area contributed by atoms with Crippen molar-refractivity contribution in [3.05, 3.63) is 48.7 Å². The van der Waals surface area contributed by atoms with Crippen molar-refractivity contribution in [2.45, 2.75) is 0 Å². The lowest BCUT2D eigenvalue weighted by Gasteiger charge is -2.03. The van der Waals surface area contributed by atoms with Crippen LogP contribution in [0.15, 0.2) is 48.7 Å². The third kappa shape index (κ3) is 1.65. The standard InChI is InChI=1S/C14H13N3/c1-15-14-16-9-13(17-14)12-8-4-6-10-5-2-3-7-11(10)12/h2-9H,1H3,(H2,15,16,17). The summed E-state index contributed by atoms with van der Waals surface area (Å²) in [7, 11) is 1.85. The molecule has 0 bridgehead atoms. The molecule has 2 N–H and O–H groups in total. The van der Waals surface area contributed by atoms with Crippen molar-refractivity contribution in [3.63, 3.8) is 0 Å². The van der Waals surface area contributed by atoms with E-state index in [1.54, 1.807) is 0 Å². The molecule has 3 rings (SSSR count). The first-order chi connectivity index (χ1) is 8.38. The van der Waals surface area contributed by atoms with E-state index in [0.717, 1.165) is 17.2 Å². The Morgan fingerprint density at radius 1 is 1.06 bits per heavy atom. The Bertz CT molecular complexity index is 650. The maximum atomic E-state index is 4.48. The van der Waals surface area contributed by atoms with Crippen molar-refractivity contribution in [1.82, 2.24) is 9.97 Å². The van der Waals surface area contributed by atoms with Crippen LogP contribution in [0.3, 0.4) is 0 Å². The van der Waals surface area contributed by atoms with Crippen LogP contribution in [0.4, 0.5) is 5.95 Å². The number of nitrogens with one attached hydrogen (secondary N) is 2. The van der Waals surface area contributed by atoms with Crippen LogP contribution >= 0.6 is 0 Å². The minimum Gasteiger partial charge on any atom is -0.359 e. The van der Waals surface area contributed by atoms with Gasteiger partial charge >= 0.3 is 0 Å². The van der Waals surface area contributed by atoms with E-state index >= 15 is 0 Å². The molecule has 0 unspecified atom stereocenters. The minimum absolute atomic E-state index is 0.785. The van der Waals surface area contributed by atoms with Gasteiger partial charge in [0.2, 0.25) is 0 Å². The smallest absolute Gasteiger partial charge is 0.200 e. The second-order valence-electron chi connectivity index (χ2n) is 3.91. The second-order valence-corrected chi connectivity index (χ2v) is 3.91. The van der Waals surface area contributed by atoms with E-state index in [0.29, 0.717) is 0 Å². The fraction of sp³-hybridized carbons (Fsp3) is 0.0714. The molecule has 0 saturated heterocycles. The molecular formula is C14H13N3. The number of anilines is 1. The normalized spacial score (nSPS) is 10.6. The molecule has 0 saturated carbocycles. The molecule has 3 aromatic rings. The molecule has 0 spiro atoms. The van der Waals surface area contributed by atoms with Gasteiger partial charge in [0.1, 0.15) is 0 Å². The molecule has 0 aliphatic rings. The highest BCUT2D eigenvalue weighted by molar-refractivity contribution is 5.95. The topological polar surface area (TPSA) is 40.7 Å². The summed E-state index contributed by atoms with van der Waals surface area (Å²) in [5.74, 6) is 0.785. The van der Waals surface area contributed by atoms with Crippen LogP contribution in [0.5, 0.6) is 0 Å². The molecule has 0 radical (unpaired) electrons. The van der Waals surface area contributed by atoms with Gasteiger partial charge < -0.3 is 10.3 Å². The molecule has 0 aliphatic heterocycles. The van der Waals surface area contributed by atoms with E-state index in [1.165, 1.54) is 10.8 Å². The SMILES string of the molecule is CNc1nc(-c2cccc3ccccc23)c[nH]1. The predicted molar refractivity (Wildman–Crippen MR) is 71.1 cm³/mol. The number of benzene rings is 2. The lowest BCUT2D eigenvalue weighted by atomic mass is 10.0. The molecule has 84 valence electrons. The molecule has 1 aromatic heterocycles. The van der Waals surface area contributed by atoms with Gasteiger partial charge in [-0.2, -0.15) is 0 Å². The average molecular weight is 223 g/mol. The Morgan fingerprint density at radius 2 is 1.88 bits per heavy atom. The van der Waals surface area contributed by atoms with Gasteiger partial charge in [-0.1, -0.05) is 42.5 Å². The van der Waals surface area contributed by atoms with E-state index in [9.17, 15) is 0 Å². The van der Waals surface area contributed by atoms with E-state index in [-0.39, 0.29) is 0 Å². The fourth-order valence-electron chi connectivity index (χ4n) is 2.04. The Balaban J connectivity index is 2.23. The zero-order valence-electron chi connectivity index (χ0n) is 9.57. The van der Waals surface area contributed by atoms with Gasteiger partial charge in [-0.3, -0.25) is 0 Å². The highest BCUT2D eigenvalue weighted by Crippen LogP contribution is 2.27. The number of aromatic nitrogens is 2.